The molecule has 0 aliphatic rings. The molecule has 2 aromatic rings. The fraction of sp³-hybridized carbons (Fsp3) is 0.167. The van der Waals surface area contributed by atoms with Gasteiger partial charge in [-0.15, -0.1) is 0 Å². The minimum absolute atomic E-state index is 0.395. The summed E-state index contributed by atoms with van der Waals surface area (Å²) in [5.41, 5.74) is 0.175. The molecule has 0 bridgehead atoms. The summed E-state index contributed by atoms with van der Waals surface area (Å²) in [6.07, 6.45) is -0.211. The van der Waals surface area contributed by atoms with Crippen LogP contribution in [0.15, 0.2) is 42.9 Å². The molecule has 0 saturated carbocycles. The molecule has 0 amide bonds. The van der Waals surface area contributed by atoms with Crippen molar-refractivity contribution in [3.63, 3.8) is 0 Å². The lowest BCUT2D eigenvalue weighted by molar-refractivity contribution is -0.137. The van der Waals surface area contributed by atoms with Crippen molar-refractivity contribution in [1.82, 2.24) is 9.97 Å². The van der Waals surface area contributed by atoms with Crippen LogP contribution in [0.1, 0.15) is 11.1 Å². The van der Waals surface area contributed by atoms with Crippen molar-refractivity contribution in [2.24, 2.45) is 0 Å². The number of rotatable bonds is 3. The maximum absolute atomic E-state index is 12.3. The van der Waals surface area contributed by atoms with Gasteiger partial charge in [-0.2, -0.15) is 13.2 Å². The van der Waals surface area contributed by atoms with Crippen molar-refractivity contribution in [2.75, 3.05) is 5.32 Å². The van der Waals surface area contributed by atoms with E-state index < -0.39 is 11.7 Å². The predicted molar refractivity (Wildman–Crippen MR) is 60.8 cm³/mol. The Kier molecular flexibility index (Phi) is 3.45. The Balaban J connectivity index is 1.99. The predicted octanol–water partition coefficient (Wildman–Crippen LogP) is 3.11. The summed E-state index contributed by atoms with van der Waals surface area (Å²) in [5, 5.41) is 2.92. The van der Waals surface area contributed by atoms with E-state index in [1.165, 1.54) is 6.07 Å². The minimum atomic E-state index is -4.35. The molecule has 0 saturated heterocycles. The maximum atomic E-state index is 12.3. The Morgan fingerprint density at radius 2 is 1.94 bits per heavy atom. The number of anilines is 1. The highest BCUT2D eigenvalue weighted by molar-refractivity contribution is 5.37. The van der Waals surface area contributed by atoms with Crippen LogP contribution in [0, 0.1) is 0 Å². The minimum Gasteiger partial charge on any atom is -0.366 e. The molecule has 6 heteroatoms. The lowest BCUT2D eigenvalue weighted by atomic mass is 10.2. The molecule has 2 rings (SSSR count). The number of hydrogen-bond donors (Lipinski definition) is 1. The molecule has 1 N–H and O–H groups in total. The number of alkyl halides is 3. The van der Waals surface area contributed by atoms with E-state index in [4.69, 9.17) is 0 Å². The summed E-state index contributed by atoms with van der Waals surface area (Å²) < 4.78 is 36.9. The van der Waals surface area contributed by atoms with Gasteiger partial charge in [-0.1, -0.05) is 6.07 Å². The van der Waals surface area contributed by atoms with E-state index >= 15 is 0 Å². The molecule has 0 aliphatic heterocycles. The van der Waals surface area contributed by atoms with Gasteiger partial charge in [0.05, 0.1) is 5.56 Å². The number of pyridine rings is 2. The van der Waals surface area contributed by atoms with Crippen molar-refractivity contribution < 1.29 is 13.2 Å². The molecule has 3 nitrogen and oxygen atoms in total. The molecule has 2 aromatic heterocycles. The summed E-state index contributed by atoms with van der Waals surface area (Å²) in [5.74, 6) is 0.395. The van der Waals surface area contributed by atoms with Crippen LogP contribution in [0.5, 0.6) is 0 Å². The second-order valence-corrected chi connectivity index (χ2v) is 3.64. The third kappa shape index (κ3) is 3.19. The van der Waals surface area contributed by atoms with Crippen LogP contribution in [-0.4, -0.2) is 9.97 Å². The highest BCUT2D eigenvalue weighted by Gasteiger charge is 2.30. The molecule has 0 unspecified atom stereocenters. The van der Waals surface area contributed by atoms with Crippen molar-refractivity contribution in [3.8, 4) is 0 Å². The average Bonchev–Trinajstić information content (AvgIpc) is 2.37. The highest BCUT2D eigenvalue weighted by Crippen LogP contribution is 2.28. The first-order chi connectivity index (χ1) is 8.55. The summed E-state index contributed by atoms with van der Waals surface area (Å²) in [6.45, 7) is 0.464. The van der Waals surface area contributed by atoms with Gasteiger partial charge in [0, 0.05) is 25.1 Å². The third-order valence-corrected chi connectivity index (χ3v) is 2.29. The van der Waals surface area contributed by atoms with Crippen LogP contribution >= 0.6 is 0 Å². The van der Waals surface area contributed by atoms with Crippen molar-refractivity contribution >= 4 is 5.82 Å². The van der Waals surface area contributed by atoms with Gasteiger partial charge >= 0.3 is 6.18 Å². The maximum Gasteiger partial charge on any atom is 0.417 e. The first kappa shape index (κ1) is 12.3. The molecular weight excluding hydrogens is 243 g/mol. The Morgan fingerprint density at radius 1 is 1.11 bits per heavy atom. The van der Waals surface area contributed by atoms with E-state index in [-0.39, 0.29) is 0 Å². The largest absolute Gasteiger partial charge is 0.417 e. The first-order valence-corrected chi connectivity index (χ1v) is 5.22. The topological polar surface area (TPSA) is 37.8 Å². The lowest BCUT2D eigenvalue weighted by Gasteiger charge is -2.08. The van der Waals surface area contributed by atoms with Crippen LogP contribution in [0.4, 0.5) is 19.0 Å². The van der Waals surface area contributed by atoms with E-state index in [1.807, 2.05) is 6.07 Å². The van der Waals surface area contributed by atoms with E-state index in [2.05, 4.69) is 15.3 Å². The van der Waals surface area contributed by atoms with Crippen LogP contribution in [0.3, 0.4) is 0 Å². The molecule has 18 heavy (non-hydrogen) atoms. The molecule has 94 valence electrons. The highest BCUT2D eigenvalue weighted by atomic mass is 19.4. The fourth-order valence-corrected chi connectivity index (χ4v) is 1.36. The summed E-state index contributed by atoms with van der Waals surface area (Å²) in [6, 6.07) is 5.96. The molecule has 0 fully saturated rings. The zero-order chi connectivity index (χ0) is 13.0. The second kappa shape index (κ2) is 5.03. The van der Waals surface area contributed by atoms with Gasteiger partial charge in [-0.3, -0.25) is 4.98 Å². The zero-order valence-electron chi connectivity index (χ0n) is 9.28. The number of hydrogen-bond acceptors (Lipinski definition) is 3. The third-order valence-electron chi connectivity index (χ3n) is 2.29. The van der Waals surface area contributed by atoms with Crippen LogP contribution in [-0.2, 0) is 12.7 Å². The van der Waals surface area contributed by atoms with Gasteiger partial charge in [-0.25, -0.2) is 4.98 Å². The van der Waals surface area contributed by atoms with Crippen LogP contribution in [0.2, 0.25) is 0 Å². The average molecular weight is 253 g/mol. The van der Waals surface area contributed by atoms with Crippen molar-refractivity contribution in [3.05, 3.63) is 54.0 Å². The van der Waals surface area contributed by atoms with Crippen LogP contribution < -0.4 is 5.32 Å². The normalized spacial score (nSPS) is 11.3. The molecular formula is C12H10F3N3. The molecule has 0 spiro atoms. The smallest absolute Gasteiger partial charge is 0.366 e. The van der Waals surface area contributed by atoms with Crippen molar-refractivity contribution in [2.45, 2.75) is 12.7 Å². The number of nitrogens with zero attached hydrogens (tertiary/aromatic N) is 2. The van der Waals surface area contributed by atoms with Gasteiger partial charge in [0.1, 0.15) is 5.82 Å². The fourth-order valence-electron chi connectivity index (χ4n) is 1.36. The summed E-state index contributed by atoms with van der Waals surface area (Å²) >= 11 is 0. The Bertz CT molecular complexity index is 494. The molecule has 2 heterocycles. The van der Waals surface area contributed by atoms with E-state index in [9.17, 15) is 13.2 Å². The molecule has 0 aromatic carbocycles. The first-order valence-electron chi connectivity index (χ1n) is 5.22. The van der Waals surface area contributed by atoms with E-state index in [1.54, 1.807) is 18.5 Å². The zero-order valence-corrected chi connectivity index (χ0v) is 9.28. The molecule has 0 radical (unpaired) electrons. The SMILES string of the molecule is FC(F)(F)c1ccc(NCc2cccnc2)nc1. The second-order valence-electron chi connectivity index (χ2n) is 3.64. The Hall–Kier alpha value is -2.11. The summed E-state index contributed by atoms with van der Waals surface area (Å²) in [4.78, 5) is 7.64. The monoisotopic (exact) mass is 253 g/mol. The number of halogens is 3. The van der Waals surface area contributed by atoms with Gasteiger partial charge in [0.15, 0.2) is 0 Å². The van der Waals surface area contributed by atoms with Gasteiger partial charge < -0.3 is 5.32 Å². The summed E-state index contributed by atoms with van der Waals surface area (Å²) in [7, 11) is 0. The Morgan fingerprint density at radius 3 is 2.50 bits per heavy atom. The quantitative estimate of drug-likeness (QED) is 0.913. The standard InChI is InChI=1S/C12H10F3N3/c13-12(14,15)10-3-4-11(18-8-10)17-7-9-2-1-5-16-6-9/h1-6,8H,7H2,(H,17,18). The number of nitrogens with one attached hydrogen (secondary N) is 1. The van der Waals surface area contributed by atoms with Gasteiger partial charge in [-0.05, 0) is 23.8 Å². The molecule has 0 aliphatic carbocycles. The van der Waals surface area contributed by atoms with Gasteiger partial charge in [0.25, 0.3) is 0 Å². The Labute approximate surface area is 102 Å². The number of aromatic nitrogens is 2. The van der Waals surface area contributed by atoms with Crippen LogP contribution in [0.25, 0.3) is 0 Å². The van der Waals surface area contributed by atoms with Crippen molar-refractivity contribution in [1.29, 1.82) is 0 Å². The van der Waals surface area contributed by atoms with E-state index in [0.717, 1.165) is 17.8 Å². The van der Waals surface area contributed by atoms with E-state index in [0.29, 0.717) is 12.4 Å². The molecule has 0 atom stereocenters. The van der Waals surface area contributed by atoms with Gasteiger partial charge in [0.2, 0.25) is 0 Å². The lowest BCUT2D eigenvalue weighted by Crippen LogP contribution is -2.07.